The van der Waals surface area contributed by atoms with Crippen molar-refractivity contribution in [2.75, 3.05) is 18.9 Å². The monoisotopic (exact) mass is 619 g/mol. The summed E-state index contributed by atoms with van der Waals surface area (Å²) in [7, 11) is 1.25. The summed E-state index contributed by atoms with van der Waals surface area (Å²) in [5.74, 6) is -15.5. The Bertz CT molecular complexity index is 1570. The maximum atomic E-state index is 14.2. The van der Waals surface area contributed by atoms with Crippen molar-refractivity contribution in [1.29, 1.82) is 5.26 Å². The molecule has 4 rings (SSSR count). The van der Waals surface area contributed by atoms with Gasteiger partial charge < -0.3 is 20.4 Å². The van der Waals surface area contributed by atoms with Crippen LogP contribution >= 0.6 is 0 Å². The lowest BCUT2D eigenvalue weighted by atomic mass is 9.80. The van der Waals surface area contributed by atoms with Crippen molar-refractivity contribution in [3.05, 3.63) is 64.5 Å². The molecule has 2 heterocycles. The molecule has 0 aliphatic carbocycles. The first-order valence-electron chi connectivity index (χ1n) is 13.6. The Morgan fingerprint density at radius 3 is 2.23 bits per heavy atom. The molecule has 1 spiro atoms. The molecule has 2 aliphatic heterocycles. The predicted molar refractivity (Wildman–Crippen MR) is 146 cm³/mol. The number of hydrogen-bond acceptors (Lipinski definition) is 5. The van der Waals surface area contributed by atoms with Gasteiger partial charge >= 0.3 is 0 Å². The van der Waals surface area contributed by atoms with Gasteiger partial charge in [-0.1, -0.05) is 39.0 Å². The van der Waals surface area contributed by atoms with Gasteiger partial charge in [0.15, 0.2) is 23.3 Å². The maximum absolute atomic E-state index is 14.2. The molecule has 4 atom stereocenters. The summed E-state index contributed by atoms with van der Waals surface area (Å²) < 4.78 is 69.1. The van der Waals surface area contributed by atoms with E-state index in [2.05, 4.69) is 11.4 Å². The number of fused-ring (bicyclic) bond motifs is 2. The van der Waals surface area contributed by atoms with E-state index in [4.69, 9.17) is 0 Å². The maximum Gasteiger partial charge on any atom is 0.258 e. The summed E-state index contributed by atoms with van der Waals surface area (Å²) in [6.45, 7) is 6.38. The number of para-hydroxylation sites is 1. The van der Waals surface area contributed by atoms with Crippen LogP contribution in [0, 0.1) is 45.8 Å². The Kier molecular flexibility index (Phi) is 8.47. The highest BCUT2D eigenvalue weighted by Gasteiger charge is 2.57. The number of nitrogens with one attached hydrogen (secondary N) is 2. The van der Waals surface area contributed by atoms with Crippen LogP contribution in [-0.4, -0.2) is 65.1 Å². The Morgan fingerprint density at radius 1 is 1.09 bits per heavy atom. The highest BCUT2D eigenvalue weighted by atomic mass is 19.2. The lowest BCUT2D eigenvalue weighted by Gasteiger charge is -2.36. The minimum atomic E-state index is -2.44. The number of carbonyl (C=O) groups excluding carboxylic acids is 4. The van der Waals surface area contributed by atoms with Crippen LogP contribution in [0.25, 0.3) is 0 Å². The number of nitriles is 1. The second-order valence-corrected chi connectivity index (χ2v) is 12.3. The van der Waals surface area contributed by atoms with Gasteiger partial charge in [-0.05, 0) is 30.4 Å². The van der Waals surface area contributed by atoms with Crippen LogP contribution in [0.4, 0.5) is 27.6 Å². The zero-order valence-corrected chi connectivity index (χ0v) is 24.5. The van der Waals surface area contributed by atoms with E-state index in [9.17, 15) is 46.4 Å². The molecule has 0 saturated carbocycles. The number of halogens is 5. The number of likely N-dealkylation sites (tertiary alicyclic amines) is 1. The summed E-state index contributed by atoms with van der Waals surface area (Å²) in [6.07, 6.45) is 0.0865. The molecule has 0 bridgehead atoms. The van der Waals surface area contributed by atoms with Crippen molar-refractivity contribution < 1.29 is 41.1 Å². The van der Waals surface area contributed by atoms with E-state index < -0.39 is 81.3 Å². The molecular formula is C30H30F5N5O4. The molecule has 14 heteroatoms. The standard InChI is InChI=1S/C30H30F5N5O4/c1-14(37-25(41)19-20(31)22(33)24(35)23(34)21(19)32)26(42)39(5)18(11-29(2,3)4)27(43)40-13-30(10-15(40)12-36)16-8-6-7-9-17(16)38-28(30)44/h6-9,14-15,18H,10-11,13H2,1-5H3,(H,37,41)(H,38,44)/t14-,15-,18-,30-/m0/s1. The van der Waals surface area contributed by atoms with Crippen LogP contribution in [0.2, 0.25) is 0 Å². The molecule has 2 aromatic carbocycles. The molecule has 2 aliphatic rings. The number of anilines is 1. The molecule has 2 N–H and O–H groups in total. The van der Waals surface area contributed by atoms with E-state index in [0.29, 0.717) is 11.3 Å². The van der Waals surface area contributed by atoms with Crippen LogP contribution in [0.15, 0.2) is 24.3 Å². The zero-order valence-electron chi connectivity index (χ0n) is 24.5. The van der Waals surface area contributed by atoms with Crippen molar-refractivity contribution in [1.82, 2.24) is 15.1 Å². The summed E-state index contributed by atoms with van der Waals surface area (Å²) in [5, 5.41) is 14.7. The Morgan fingerprint density at radius 2 is 1.66 bits per heavy atom. The quantitative estimate of drug-likeness (QED) is 0.290. The molecular weight excluding hydrogens is 589 g/mol. The lowest BCUT2D eigenvalue weighted by Crippen LogP contribution is -2.56. The zero-order chi connectivity index (χ0) is 32.9. The van der Waals surface area contributed by atoms with Crippen molar-refractivity contribution in [2.24, 2.45) is 5.41 Å². The smallest absolute Gasteiger partial charge is 0.258 e. The normalized spacial score (nSPS) is 20.5. The first-order valence-corrected chi connectivity index (χ1v) is 13.6. The van der Waals surface area contributed by atoms with E-state index >= 15 is 0 Å². The Hall–Kier alpha value is -4.54. The fraction of sp³-hybridized carbons (Fsp3) is 0.433. The number of likely N-dealkylation sites (N-methyl/N-ethyl adjacent to an activating group) is 1. The van der Waals surface area contributed by atoms with Crippen LogP contribution < -0.4 is 10.6 Å². The van der Waals surface area contributed by atoms with Crippen molar-refractivity contribution >= 4 is 29.3 Å². The Balaban J connectivity index is 1.61. The molecule has 2 aromatic rings. The van der Waals surface area contributed by atoms with Gasteiger partial charge in [-0.25, -0.2) is 22.0 Å². The third-order valence-corrected chi connectivity index (χ3v) is 7.98. The summed E-state index contributed by atoms with van der Waals surface area (Å²) >= 11 is 0. The number of amides is 4. The second kappa shape index (κ2) is 11.5. The molecule has 1 saturated heterocycles. The first kappa shape index (κ1) is 32.4. The molecule has 9 nitrogen and oxygen atoms in total. The second-order valence-electron chi connectivity index (χ2n) is 12.3. The average Bonchev–Trinajstić information content (AvgIpc) is 3.49. The SMILES string of the molecule is C[C@H](NC(=O)c1c(F)c(F)c(F)c(F)c1F)C(=O)N(C)[C@@H](CC(C)(C)C)C(=O)N1C[C@]2(C[C@H]1C#N)C(=O)Nc1ccccc12. The summed E-state index contributed by atoms with van der Waals surface area (Å²) in [5.41, 5.74) is -2.30. The van der Waals surface area contributed by atoms with Gasteiger partial charge in [0.1, 0.15) is 23.7 Å². The van der Waals surface area contributed by atoms with E-state index in [-0.39, 0.29) is 25.3 Å². The van der Waals surface area contributed by atoms with Crippen molar-refractivity contribution in [2.45, 2.75) is 64.1 Å². The van der Waals surface area contributed by atoms with Crippen LogP contribution in [0.3, 0.4) is 0 Å². The number of hydrogen-bond donors (Lipinski definition) is 2. The topological polar surface area (TPSA) is 123 Å². The van der Waals surface area contributed by atoms with Crippen molar-refractivity contribution in [3.8, 4) is 6.07 Å². The van der Waals surface area contributed by atoms with Crippen LogP contribution in [0.5, 0.6) is 0 Å². The molecule has 1 fully saturated rings. The highest BCUT2D eigenvalue weighted by Crippen LogP contribution is 2.46. The van der Waals surface area contributed by atoms with Crippen molar-refractivity contribution in [3.63, 3.8) is 0 Å². The van der Waals surface area contributed by atoms with Gasteiger partial charge in [0.25, 0.3) is 5.91 Å². The highest BCUT2D eigenvalue weighted by molar-refractivity contribution is 6.07. The van der Waals surface area contributed by atoms with E-state index in [1.165, 1.54) is 11.9 Å². The lowest BCUT2D eigenvalue weighted by molar-refractivity contribution is -0.146. The van der Waals surface area contributed by atoms with E-state index in [1.54, 1.807) is 45.0 Å². The molecule has 0 radical (unpaired) electrons. The number of rotatable bonds is 6. The molecule has 0 aromatic heterocycles. The minimum Gasteiger partial charge on any atom is -0.340 e. The number of carbonyl (C=O) groups is 4. The summed E-state index contributed by atoms with van der Waals surface area (Å²) in [4.78, 5) is 55.5. The number of benzene rings is 2. The third kappa shape index (κ3) is 5.46. The van der Waals surface area contributed by atoms with Gasteiger partial charge in [0.2, 0.25) is 23.5 Å². The average molecular weight is 620 g/mol. The predicted octanol–water partition coefficient (Wildman–Crippen LogP) is 3.78. The largest absolute Gasteiger partial charge is 0.340 e. The molecule has 4 amide bonds. The molecule has 234 valence electrons. The fourth-order valence-electron chi connectivity index (χ4n) is 5.74. The number of nitrogens with zero attached hydrogens (tertiary/aromatic N) is 3. The van der Waals surface area contributed by atoms with E-state index in [0.717, 1.165) is 11.8 Å². The third-order valence-electron chi connectivity index (χ3n) is 7.98. The fourth-order valence-corrected chi connectivity index (χ4v) is 5.74. The molecule has 0 unspecified atom stereocenters. The van der Waals surface area contributed by atoms with Gasteiger partial charge in [-0.15, -0.1) is 0 Å². The first-order chi connectivity index (χ1) is 20.4. The van der Waals surface area contributed by atoms with Gasteiger partial charge in [-0.3, -0.25) is 19.2 Å². The molecule has 44 heavy (non-hydrogen) atoms. The van der Waals surface area contributed by atoms with Crippen LogP contribution in [0.1, 0.15) is 56.5 Å². The summed E-state index contributed by atoms with van der Waals surface area (Å²) in [6, 6.07) is 5.20. The Labute approximate surface area is 250 Å². The minimum absolute atomic E-state index is 0.0202. The van der Waals surface area contributed by atoms with Crippen LogP contribution in [-0.2, 0) is 19.8 Å². The van der Waals surface area contributed by atoms with E-state index in [1.807, 2.05) is 5.32 Å². The van der Waals surface area contributed by atoms with Gasteiger partial charge in [0, 0.05) is 25.7 Å². The van der Waals surface area contributed by atoms with Gasteiger partial charge in [0.05, 0.1) is 11.5 Å². The van der Waals surface area contributed by atoms with Gasteiger partial charge in [-0.2, -0.15) is 5.26 Å².